The summed E-state index contributed by atoms with van der Waals surface area (Å²) in [7, 11) is 3.06. The Morgan fingerprint density at radius 3 is 2.56 bits per heavy atom. The summed E-state index contributed by atoms with van der Waals surface area (Å²) in [4.78, 5) is 25.5. The van der Waals surface area contributed by atoms with Crippen molar-refractivity contribution in [2.75, 3.05) is 14.2 Å². The van der Waals surface area contributed by atoms with E-state index in [1.807, 2.05) is 0 Å². The van der Waals surface area contributed by atoms with E-state index in [2.05, 4.69) is 0 Å². The van der Waals surface area contributed by atoms with E-state index in [1.165, 1.54) is 13.4 Å². The Morgan fingerprint density at radius 1 is 1.07 bits per heavy atom. The summed E-state index contributed by atoms with van der Waals surface area (Å²) in [5, 5.41) is 0.825. The molecule has 136 valence electrons. The Morgan fingerprint density at radius 2 is 1.81 bits per heavy atom. The third-order valence-electron chi connectivity index (χ3n) is 4.62. The standard InChI is InChI=1S/C21H15ClO5/c1-25-18-7-11-5-12(20(23)15(11)9-19(18)26-2)6-13-10-27-17-4-3-14(22)8-16(17)21(13)24/h3-4,6-10H,5H2,1-2H3. The van der Waals surface area contributed by atoms with Crippen LogP contribution in [0.1, 0.15) is 21.5 Å². The highest BCUT2D eigenvalue weighted by Crippen LogP contribution is 2.37. The second-order valence-electron chi connectivity index (χ2n) is 6.20. The summed E-state index contributed by atoms with van der Waals surface area (Å²) in [6.07, 6.45) is 3.35. The molecule has 1 aliphatic carbocycles. The lowest BCUT2D eigenvalue weighted by Gasteiger charge is -2.08. The SMILES string of the molecule is COc1cc2c(cc1OC)C(=O)C(=Cc1coc3ccc(Cl)cc3c1=O)C2. The van der Waals surface area contributed by atoms with Gasteiger partial charge in [-0.05, 0) is 42.0 Å². The van der Waals surface area contributed by atoms with Gasteiger partial charge < -0.3 is 13.9 Å². The number of methoxy groups -OCH3 is 2. The predicted molar refractivity (Wildman–Crippen MR) is 103 cm³/mol. The summed E-state index contributed by atoms with van der Waals surface area (Å²) < 4.78 is 16.1. The topological polar surface area (TPSA) is 65.7 Å². The molecule has 4 rings (SSSR count). The van der Waals surface area contributed by atoms with E-state index < -0.39 is 0 Å². The fourth-order valence-electron chi connectivity index (χ4n) is 3.26. The Bertz CT molecular complexity index is 1170. The number of rotatable bonds is 3. The van der Waals surface area contributed by atoms with Crippen LogP contribution in [0.5, 0.6) is 11.5 Å². The molecule has 0 bridgehead atoms. The number of ketones is 1. The second kappa shape index (κ2) is 6.59. The minimum atomic E-state index is -0.231. The smallest absolute Gasteiger partial charge is 0.199 e. The molecule has 0 amide bonds. The summed E-state index contributed by atoms with van der Waals surface area (Å²) in [5.74, 6) is 0.910. The zero-order chi connectivity index (χ0) is 19.1. The van der Waals surface area contributed by atoms with Crippen LogP contribution in [0.3, 0.4) is 0 Å². The van der Waals surface area contributed by atoms with Crippen molar-refractivity contribution in [3.63, 3.8) is 0 Å². The molecule has 0 fully saturated rings. The summed E-state index contributed by atoms with van der Waals surface area (Å²) in [6.45, 7) is 0. The maximum absolute atomic E-state index is 12.8. The fraction of sp³-hybridized carbons (Fsp3) is 0.143. The Balaban J connectivity index is 1.79. The van der Waals surface area contributed by atoms with Gasteiger partial charge in [-0.3, -0.25) is 9.59 Å². The molecule has 0 saturated heterocycles. The molecule has 6 heteroatoms. The highest BCUT2D eigenvalue weighted by Gasteiger charge is 2.27. The first kappa shape index (κ1) is 17.4. The highest BCUT2D eigenvalue weighted by molar-refractivity contribution is 6.31. The minimum Gasteiger partial charge on any atom is -0.493 e. The average Bonchev–Trinajstić information content (AvgIpc) is 2.98. The molecule has 0 atom stereocenters. The summed E-state index contributed by atoms with van der Waals surface area (Å²) in [5.41, 5.74) is 2.41. The Kier molecular flexibility index (Phi) is 4.24. The third kappa shape index (κ3) is 2.90. The van der Waals surface area contributed by atoms with Gasteiger partial charge in [-0.1, -0.05) is 11.6 Å². The van der Waals surface area contributed by atoms with Crippen LogP contribution in [0.2, 0.25) is 5.02 Å². The molecular formula is C21H15ClO5. The van der Waals surface area contributed by atoms with Crippen molar-refractivity contribution < 1.29 is 18.7 Å². The van der Waals surface area contributed by atoms with Crippen LogP contribution in [0.25, 0.3) is 17.0 Å². The quantitative estimate of drug-likeness (QED) is 0.632. The van der Waals surface area contributed by atoms with Crippen LogP contribution < -0.4 is 14.9 Å². The number of fused-ring (bicyclic) bond motifs is 2. The van der Waals surface area contributed by atoms with Gasteiger partial charge in [-0.2, -0.15) is 0 Å². The van der Waals surface area contributed by atoms with Crippen LogP contribution in [-0.2, 0) is 6.42 Å². The van der Waals surface area contributed by atoms with Crippen molar-refractivity contribution in [2.24, 2.45) is 0 Å². The Hall–Kier alpha value is -3.05. The van der Waals surface area contributed by atoms with Gasteiger partial charge in [0.15, 0.2) is 22.7 Å². The van der Waals surface area contributed by atoms with Crippen molar-refractivity contribution in [1.29, 1.82) is 0 Å². The molecule has 2 aromatic carbocycles. The average molecular weight is 383 g/mol. The fourth-order valence-corrected chi connectivity index (χ4v) is 3.43. The molecule has 0 aliphatic heterocycles. The van der Waals surface area contributed by atoms with Gasteiger partial charge in [0.1, 0.15) is 11.8 Å². The second-order valence-corrected chi connectivity index (χ2v) is 6.64. The zero-order valence-corrected chi connectivity index (χ0v) is 15.4. The van der Waals surface area contributed by atoms with Gasteiger partial charge in [0.25, 0.3) is 0 Å². The van der Waals surface area contributed by atoms with Crippen LogP contribution >= 0.6 is 11.6 Å². The van der Waals surface area contributed by atoms with Crippen LogP contribution in [-0.4, -0.2) is 20.0 Å². The maximum atomic E-state index is 12.8. The molecular weight excluding hydrogens is 368 g/mol. The van der Waals surface area contributed by atoms with E-state index in [0.717, 1.165) is 5.56 Å². The minimum absolute atomic E-state index is 0.142. The number of ether oxygens (including phenoxy) is 2. The lowest BCUT2D eigenvalue weighted by atomic mass is 10.1. The summed E-state index contributed by atoms with van der Waals surface area (Å²) >= 11 is 5.98. The van der Waals surface area contributed by atoms with Gasteiger partial charge in [-0.25, -0.2) is 0 Å². The zero-order valence-electron chi connectivity index (χ0n) is 14.7. The number of halogens is 1. The normalized spacial score (nSPS) is 14.6. The highest BCUT2D eigenvalue weighted by atomic mass is 35.5. The predicted octanol–water partition coefficient (Wildman–Crippen LogP) is 4.29. The monoisotopic (exact) mass is 382 g/mol. The van der Waals surface area contributed by atoms with Crippen molar-refractivity contribution in [3.8, 4) is 11.5 Å². The van der Waals surface area contributed by atoms with Gasteiger partial charge in [0, 0.05) is 22.6 Å². The van der Waals surface area contributed by atoms with E-state index in [-0.39, 0.29) is 11.2 Å². The number of allylic oxidation sites excluding steroid dienone is 1. The molecule has 0 spiro atoms. The van der Waals surface area contributed by atoms with E-state index >= 15 is 0 Å². The lowest BCUT2D eigenvalue weighted by molar-refractivity contribution is 0.104. The molecule has 3 aromatic rings. The largest absolute Gasteiger partial charge is 0.493 e. The number of carbonyl (C=O) groups excluding carboxylic acids is 1. The molecule has 1 heterocycles. The first-order chi connectivity index (χ1) is 13.0. The molecule has 27 heavy (non-hydrogen) atoms. The lowest BCUT2D eigenvalue weighted by Crippen LogP contribution is -2.06. The molecule has 0 N–H and O–H groups in total. The van der Waals surface area contributed by atoms with Crippen molar-refractivity contribution in [2.45, 2.75) is 6.42 Å². The van der Waals surface area contributed by atoms with Crippen molar-refractivity contribution in [3.05, 3.63) is 74.1 Å². The molecule has 1 aliphatic rings. The first-order valence-corrected chi connectivity index (χ1v) is 8.61. The maximum Gasteiger partial charge on any atom is 0.199 e. The van der Waals surface area contributed by atoms with Gasteiger partial charge in [-0.15, -0.1) is 0 Å². The molecule has 0 saturated carbocycles. The number of hydrogen-bond donors (Lipinski definition) is 0. The van der Waals surface area contributed by atoms with E-state index in [0.29, 0.717) is 50.6 Å². The van der Waals surface area contributed by atoms with E-state index in [4.69, 9.17) is 25.5 Å². The number of hydrogen-bond acceptors (Lipinski definition) is 5. The van der Waals surface area contributed by atoms with Crippen LogP contribution in [0.15, 0.2) is 51.4 Å². The molecule has 5 nitrogen and oxygen atoms in total. The van der Waals surface area contributed by atoms with Gasteiger partial charge >= 0.3 is 0 Å². The van der Waals surface area contributed by atoms with Gasteiger partial charge in [0.05, 0.1) is 25.2 Å². The van der Waals surface area contributed by atoms with E-state index in [9.17, 15) is 9.59 Å². The van der Waals surface area contributed by atoms with E-state index in [1.54, 1.807) is 43.5 Å². The third-order valence-corrected chi connectivity index (χ3v) is 4.85. The van der Waals surface area contributed by atoms with Gasteiger partial charge in [0.2, 0.25) is 0 Å². The molecule has 0 unspecified atom stereocenters. The summed E-state index contributed by atoms with van der Waals surface area (Å²) in [6, 6.07) is 8.31. The Labute approximate surface area is 159 Å². The first-order valence-electron chi connectivity index (χ1n) is 8.23. The van der Waals surface area contributed by atoms with Crippen LogP contribution in [0, 0.1) is 0 Å². The molecule has 1 aromatic heterocycles. The number of benzene rings is 2. The van der Waals surface area contributed by atoms with Crippen molar-refractivity contribution in [1.82, 2.24) is 0 Å². The number of Topliss-reactive ketones (excluding diaryl/α,β-unsaturated/α-hetero) is 1. The molecule has 0 radical (unpaired) electrons. The number of carbonyl (C=O) groups is 1. The van der Waals surface area contributed by atoms with Crippen molar-refractivity contribution >= 4 is 34.4 Å². The van der Waals surface area contributed by atoms with Crippen LogP contribution in [0.4, 0.5) is 0 Å².